The topological polar surface area (TPSA) is 131 Å². The molecule has 6 N–H and O–H groups in total. The first kappa shape index (κ1) is 29.6. The minimum absolute atomic E-state index is 0.184. The number of fused-ring (bicyclic) bond motifs is 2. The van der Waals surface area contributed by atoms with Crippen molar-refractivity contribution in [2.45, 2.75) is 62.8 Å². The van der Waals surface area contributed by atoms with Gasteiger partial charge in [-0.1, -0.05) is 50.0 Å². The summed E-state index contributed by atoms with van der Waals surface area (Å²) in [6, 6.07) is 4.59. The van der Waals surface area contributed by atoms with Gasteiger partial charge in [0.15, 0.2) is 0 Å². The van der Waals surface area contributed by atoms with Gasteiger partial charge in [-0.15, -0.1) is 0 Å². The number of carbonyl (C=O) groups excluding carboxylic acids is 2. The van der Waals surface area contributed by atoms with Crippen LogP contribution in [0.15, 0.2) is 30.3 Å². The predicted molar refractivity (Wildman–Crippen MR) is 143 cm³/mol. The van der Waals surface area contributed by atoms with E-state index in [2.05, 4.69) is 16.0 Å². The molecule has 0 bridgehead atoms. The highest BCUT2D eigenvalue weighted by Gasteiger charge is 2.66. The molecule has 6 unspecified atom stereocenters. The second-order valence-electron chi connectivity index (χ2n) is 11.3. The minimum Gasteiger partial charge on any atom is -0.394 e. The molecule has 212 valence electrons. The van der Waals surface area contributed by atoms with Gasteiger partial charge in [-0.2, -0.15) is 0 Å². The Kier molecular flexibility index (Phi) is 8.29. The Morgan fingerprint density at radius 2 is 1.77 bits per heavy atom. The van der Waals surface area contributed by atoms with Crippen molar-refractivity contribution < 1.29 is 33.7 Å². The second kappa shape index (κ2) is 10.9. The van der Waals surface area contributed by atoms with Crippen LogP contribution in [0.5, 0.6) is 0 Å². The molecule has 2 amide bonds. The van der Waals surface area contributed by atoms with Crippen molar-refractivity contribution in [3.05, 3.63) is 63.1 Å². The van der Waals surface area contributed by atoms with Gasteiger partial charge in [-0.3, -0.25) is 9.59 Å². The number of nitrogens with one attached hydrogen (secondary N) is 3. The van der Waals surface area contributed by atoms with Crippen molar-refractivity contribution in [1.82, 2.24) is 10.6 Å². The Bertz CT molecular complexity index is 1290. The highest BCUT2D eigenvalue weighted by molar-refractivity contribution is 6.31. The van der Waals surface area contributed by atoms with E-state index in [9.17, 15) is 28.6 Å². The van der Waals surface area contributed by atoms with Gasteiger partial charge in [0.25, 0.3) is 0 Å². The van der Waals surface area contributed by atoms with E-state index in [1.54, 1.807) is 0 Å². The highest BCUT2D eigenvalue weighted by Crippen LogP contribution is 2.57. The van der Waals surface area contributed by atoms with Crippen molar-refractivity contribution in [2.75, 3.05) is 18.5 Å². The van der Waals surface area contributed by atoms with Crippen LogP contribution >= 0.6 is 23.2 Å². The minimum atomic E-state index is -1.53. The quantitative estimate of drug-likeness (QED) is 0.296. The van der Waals surface area contributed by atoms with Crippen LogP contribution in [-0.2, 0) is 15.0 Å². The fourth-order valence-electron chi connectivity index (χ4n) is 5.71. The van der Waals surface area contributed by atoms with Crippen LogP contribution < -0.4 is 16.0 Å². The predicted octanol–water partition coefficient (Wildman–Crippen LogP) is 2.85. The van der Waals surface area contributed by atoms with Gasteiger partial charge in [-0.05, 0) is 47.2 Å². The van der Waals surface area contributed by atoms with Crippen LogP contribution in [0, 0.1) is 17.0 Å². The molecule has 1 spiro atoms. The molecule has 12 heteroatoms. The van der Waals surface area contributed by atoms with Crippen LogP contribution in [0.2, 0.25) is 10.0 Å². The van der Waals surface area contributed by atoms with Crippen LogP contribution in [0.1, 0.15) is 44.2 Å². The molecule has 0 saturated carbocycles. The number of anilines is 1. The number of carbonyl (C=O) groups is 2. The van der Waals surface area contributed by atoms with Gasteiger partial charge in [0, 0.05) is 24.2 Å². The Balaban J connectivity index is 1.91. The Morgan fingerprint density at radius 3 is 2.38 bits per heavy atom. The van der Waals surface area contributed by atoms with Gasteiger partial charge in [0.2, 0.25) is 11.8 Å². The molecule has 4 rings (SSSR count). The van der Waals surface area contributed by atoms with E-state index in [0.717, 1.165) is 6.07 Å². The fourth-order valence-corrected chi connectivity index (χ4v) is 6.07. The van der Waals surface area contributed by atoms with Gasteiger partial charge < -0.3 is 31.3 Å². The van der Waals surface area contributed by atoms with Crippen LogP contribution in [-0.4, -0.2) is 64.6 Å². The van der Waals surface area contributed by atoms with Crippen molar-refractivity contribution in [2.24, 2.45) is 5.41 Å². The Hall–Kier alpha value is -2.34. The zero-order valence-corrected chi connectivity index (χ0v) is 23.1. The van der Waals surface area contributed by atoms with Crippen LogP contribution in [0.25, 0.3) is 0 Å². The first-order valence-corrected chi connectivity index (χ1v) is 13.2. The Morgan fingerprint density at radius 1 is 1.10 bits per heavy atom. The van der Waals surface area contributed by atoms with Crippen molar-refractivity contribution in [3.63, 3.8) is 0 Å². The average Bonchev–Trinajstić information content (AvgIpc) is 3.33. The summed E-state index contributed by atoms with van der Waals surface area (Å²) in [5, 5.41) is 37.1. The fraction of sp³-hybridized carbons (Fsp3) is 0.481. The zero-order valence-electron chi connectivity index (χ0n) is 21.6. The normalized spacial score (nSPS) is 25.9. The molecule has 2 aliphatic rings. The molecule has 2 heterocycles. The number of amides is 2. The van der Waals surface area contributed by atoms with Gasteiger partial charge >= 0.3 is 0 Å². The monoisotopic (exact) mass is 585 g/mol. The van der Waals surface area contributed by atoms with E-state index in [1.807, 2.05) is 20.8 Å². The first-order chi connectivity index (χ1) is 18.2. The molecule has 2 aromatic carbocycles. The molecule has 39 heavy (non-hydrogen) atoms. The summed E-state index contributed by atoms with van der Waals surface area (Å²) < 4.78 is 29.1. The SMILES string of the molecule is CC(C)(C)CC1NC(C(=O)NCC(O)C(O)CO)C(c2ccc(F)c(Cl)c2)C12C(=O)Nc1cc(Cl)c(F)cc12. The molecule has 8 nitrogen and oxygen atoms in total. The third-order valence-electron chi connectivity index (χ3n) is 7.40. The molecular formula is C27H31Cl2F2N3O5. The summed E-state index contributed by atoms with van der Waals surface area (Å²) in [7, 11) is 0. The number of rotatable bonds is 7. The maximum Gasteiger partial charge on any atom is 0.237 e. The third kappa shape index (κ3) is 5.38. The zero-order chi connectivity index (χ0) is 28.9. The van der Waals surface area contributed by atoms with Crippen molar-refractivity contribution >= 4 is 40.7 Å². The number of benzene rings is 2. The van der Waals surface area contributed by atoms with Gasteiger partial charge in [0.1, 0.15) is 23.2 Å². The lowest BCUT2D eigenvalue weighted by atomic mass is 9.62. The number of hydrogen-bond donors (Lipinski definition) is 6. The number of aliphatic hydroxyl groups excluding tert-OH is 3. The number of halogens is 4. The highest BCUT2D eigenvalue weighted by atomic mass is 35.5. The van der Waals surface area contributed by atoms with E-state index < -0.39 is 65.7 Å². The lowest BCUT2D eigenvalue weighted by Crippen LogP contribution is -2.49. The van der Waals surface area contributed by atoms with Crippen molar-refractivity contribution in [3.8, 4) is 0 Å². The smallest absolute Gasteiger partial charge is 0.237 e. The molecule has 0 radical (unpaired) electrons. The molecule has 0 aliphatic carbocycles. The summed E-state index contributed by atoms with van der Waals surface area (Å²) in [6.45, 7) is 4.78. The van der Waals surface area contributed by atoms with Crippen LogP contribution in [0.3, 0.4) is 0 Å². The van der Waals surface area contributed by atoms with E-state index in [4.69, 9.17) is 28.3 Å². The van der Waals surface area contributed by atoms with Crippen molar-refractivity contribution in [1.29, 1.82) is 0 Å². The maximum absolute atomic E-state index is 14.9. The average molecular weight is 586 g/mol. The lowest BCUT2D eigenvalue weighted by Gasteiger charge is -2.37. The number of aliphatic hydroxyl groups is 3. The van der Waals surface area contributed by atoms with Gasteiger partial charge in [-0.25, -0.2) is 8.78 Å². The summed E-state index contributed by atoms with van der Waals surface area (Å²) >= 11 is 12.2. The second-order valence-corrected chi connectivity index (χ2v) is 12.1. The standard InChI is InChI=1S/C27H31Cl2F2N3O5/c1-26(2,3)9-21-27(13-7-17(31)15(29)8-18(13)33-25(27)39)22(12-4-5-16(30)14(28)6-12)23(34-21)24(38)32-10-19(36)20(37)11-35/h4-8,19-23,34-37H,9-11H2,1-3H3,(H,32,38)(H,33,39). The summed E-state index contributed by atoms with van der Waals surface area (Å²) in [6.07, 6.45) is -2.55. The van der Waals surface area contributed by atoms with E-state index >= 15 is 0 Å². The summed E-state index contributed by atoms with van der Waals surface area (Å²) in [5.41, 5.74) is -0.920. The molecular weight excluding hydrogens is 555 g/mol. The van der Waals surface area contributed by atoms with Crippen LogP contribution in [0.4, 0.5) is 14.5 Å². The van der Waals surface area contributed by atoms with Gasteiger partial charge in [0.05, 0.1) is 28.8 Å². The lowest BCUT2D eigenvalue weighted by molar-refractivity contribution is -0.124. The van der Waals surface area contributed by atoms with E-state index in [1.165, 1.54) is 24.3 Å². The maximum atomic E-state index is 14.9. The van der Waals surface area contributed by atoms with E-state index in [0.29, 0.717) is 23.2 Å². The number of hydrogen-bond acceptors (Lipinski definition) is 6. The van der Waals surface area contributed by atoms with E-state index in [-0.39, 0.29) is 22.0 Å². The molecule has 1 saturated heterocycles. The third-order valence-corrected chi connectivity index (χ3v) is 7.98. The summed E-state index contributed by atoms with van der Waals surface area (Å²) in [5.74, 6) is -3.55. The molecule has 1 fully saturated rings. The Labute approximate surface area is 234 Å². The molecule has 6 atom stereocenters. The summed E-state index contributed by atoms with van der Waals surface area (Å²) in [4.78, 5) is 27.6. The largest absolute Gasteiger partial charge is 0.394 e. The molecule has 2 aromatic rings. The molecule has 2 aliphatic heterocycles. The first-order valence-electron chi connectivity index (χ1n) is 12.5. The molecule has 0 aromatic heterocycles.